The molecule has 3 aromatic rings. The molecule has 0 aliphatic heterocycles. The van der Waals surface area contributed by atoms with Crippen molar-refractivity contribution in [2.75, 3.05) is 4.90 Å². The van der Waals surface area contributed by atoms with Crippen LogP contribution in [0, 0.1) is 0 Å². The number of anilines is 2. The molecule has 0 bridgehead atoms. The molecule has 26 heavy (non-hydrogen) atoms. The summed E-state index contributed by atoms with van der Waals surface area (Å²) in [7, 11) is 0. The lowest BCUT2D eigenvalue weighted by Crippen LogP contribution is -2.07. The van der Waals surface area contributed by atoms with Crippen LogP contribution in [0.25, 0.3) is 11.1 Å². The molecule has 0 N–H and O–H groups in total. The molecule has 0 aliphatic rings. The Balaban J connectivity index is 1.91. The molecular weight excluding hydrogens is 382 g/mol. The summed E-state index contributed by atoms with van der Waals surface area (Å²) in [5.74, 6) is 0. The van der Waals surface area contributed by atoms with Crippen molar-refractivity contribution in [3.05, 3.63) is 120 Å². The highest BCUT2D eigenvalue weighted by Crippen LogP contribution is 2.29. The predicted molar refractivity (Wildman–Crippen MR) is 117 cm³/mol. The van der Waals surface area contributed by atoms with E-state index in [1.807, 2.05) is 36.4 Å². The minimum absolute atomic E-state index is 1.09. The van der Waals surface area contributed by atoms with Crippen molar-refractivity contribution in [2.45, 2.75) is 0 Å². The molecule has 128 valence electrons. The average molecular weight is 402 g/mol. The van der Waals surface area contributed by atoms with Gasteiger partial charge in [-0.2, -0.15) is 0 Å². The number of halogens is 1. The number of hydrogen-bond donors (Lipinski definition) is 0. The predicted octanol–water partition coefficient (Wildman–Crippen LogP) is 7.51. The fourth-order valence-corrected chi connectivity index (χ4v) is 2.91. The first kappa shape index (κ1) is 18.0. The zero-order chi connectivity index (χ0) is 18.2. The van der Waals surface area contributed by atoms with Crippen LogP contribution in [0.2, 0.25) is 0 Å². The molecule has 1 nitrogen and oxygen atoms in total. The molecule has 0 amide bonds. The summed E-state index contributed by atoms with van der Waals surface area (Å²) in [4.78, 5) is 2.17. The second-order valence-electron chi connectivity index (χ2n) is 5.72. The third-order valence-corrected chi connectivity index (χ3v) is 4.48. The van der Waals surface area contributed by atoms with Crippen molar-refractivity contribution in [1.82, 2.24) is 0 Å². The number of nitrogens with zero attached hydrogens (tertiary/aromatic N) is 1. The first-order chi connectivity index (χ1) is 12.8. The second-order valence-corrected chi connectivity index (χ2v) is 6.64. The SMILES string of the molecule is C=C/C=C\C=C/N(c1ccccc1)c1ccc(-c2ccc(Br)cc2)cc1. The molecule has 0 heterocycles. The topological polar surface area (TPSA) is 3.24 Å². The number of rotatable bonds is 6. The Hall–Kier alpha value is -2.84. The van der Waals surface area contributed by atoms with Gasteiger partial charge in [0, 0.05) is 22.0 Å². The highest BCUT2D eigenvalue weighted by molar-refractivity contribution is 9.10. The van der Waals surface area contributed by atoms with Gasteiger partial charge in [-0.25, -0.2) is 0 Å². The van der Waals surface area contributed by atoms with E-state index in [9.17, 15) is 0 Å². The summed E-state index contributed by atoms with van der Waals surface area (Å²) in [5, 5.41) is 0. The molecule has 0 aliphatic carbocycles. The Labute approximate surface area is 163 Å². The lowest BCUT2D eigenvalue weighted by Gasteiger charge is -2.21. The Morgan fingerprint density at radius 1 is 0.654 bits per heavy atom. The average Bonchev–Trinajstić information content (AvgIpc) is 2.70. The van der Waals surface area contributed by atoms with E-state index < -0.39 is 0 Å². The van der Waals surface area contributed by atoms with Gasteiger partial charge in [0.05, 0.1) is 0 Å². The van der Waals surface area contributed by atoms with Gasteiger partial charge in [0.1, 0.15) is 0 Å². The van der Waals surface area contributed by atoms with E-state index in [1.165, 1.54) is 11.1 Å². The van der Waals surface area contributed by atoms with Crippen molar-refractivity contribution in [3.63, 3.8) is 0 Å². The van der Waals surface area contributed by atoms with Crippen molar-refractivity contribution >= 4 is 27.3 Å². The molecule has 3 aromatic carbocycles. The zero-order valence-electron chi connectivity index (χ0n) is 14.4. The normalized spacial score (nSPS) is 11.1. The lowest BCUT2D eigenvalue weighted by atomic mass is 10.1. The minimum atomic E-state index is 1.09. The van der Waals surface area contributed by atoms with Gasteiger partial charge in [-0.15, -0.1) is 0 Å². The summed E-state index contributed by atoms with van der Waals surface area (Å²) in [6, 6.07) is 27.3. The third-order valence-electron chi connectivity index (χ3n) is 3.95. The first-order valence-electron chi connectivity index (χ1n) is 8.44. The molecule has 0 atom stereocenters. The van der Waals surface area contributed by atoms with Gasteiger partial charge in [-0.3, -0.25) is 0 Å². The van der Waals surface area contributed by atoms with Crippen LogP contribution in [-0.2, 0) is 0 Å². The monoisotopic (exact) mass is 401 g/mol. The quantitative estimate of drug-likeness (QED) is 0.386. The van der Waals surface area contributed by atoms with Gasteiger partial charge < -0.3 is 4.90 Å². The van der Waals surface area contributed by atoms with Crippen molar-refractivity contribution in [1.29, 1.82) is 0 Å². The van der Waals surface area contributed by atoms with Crippen LogP contribution in [-0.4, -0.2) is 0 Å². The van der Waals surface area contributed by atoms with Gasteiger partial charge in [0.25, 0.3) is 0 Å². The van der Waals surface area contributed by atoms with Crippen LogP contribution in [0.15, 0.2) is 120 Å². The fraction of sp³-hybridized carbons (Fsp3) is 0. The van der Waals surface area contributed by atoms with E-state index in [2.05, 4.69) is 94.3 Å². The smallest absolute Gasteiger partial charge is 0.0455 e. The van der Waals surface area contributed by atoms with Crippen molar-refractivity contribution in [2.24, 2.45) is 0 Å². The van der Waals surface area contributed by atoms with E-state index in [0.29, 0.717) is 0 Å². The maximum absolute atomic E-state index is 3.70. The number of allylic oxidation sites excluding steroid dienone is 4. The first-order valence-corrected chi connectivity index (χ1v) is 9.23. The van der Waals surface area contributed by atoms with Gasteiger partial charge in [-0.1, -0.05) is 83.2 Å². The minimum Gasteiger partial charge on any atom is -0.317 e. The maximum atomic E-state index is 3.70. The Bertz CT molecular complexity index is 891. The molecule has 0 saturated carbocycles. The van der Waals surface area contributed by atoms with Gasteiger partial charge >= 0.3 is 0 Å². The zero-order valence-corrected chi connectivity index (χ0v) is 16.0. The Morgan fingerprint density at radius 2 is 1.23 bits per heavy atom. The van der Waals surface area contributed by atoms with Gasteiger partial charge in [0.15, 0.2) is 0 Å². The van der Waals surface area contributed by atoms with Crippen molar-refractivity contribution in [3.8, 4) is 11.1 Å². The molecule has 0 fully saturated rings. The molecule has 3 rings (SSSR count). The molecular formula is C24H20BrN. The van der Waals surface area contributed by atoms with E-state index in [-0.39, 0.29) is 0 Å². The third kappa shape index (κ3) is 4.62. The van der Waals surface area contributed by atoms with Crippen LogP contribution < -0.4 is 4.90 Å². The summed E-state index contributed by atoms with van der Waals surface area (Å²) in [6.07, 6.45) is 9.72. The van der Waals surface area contributed by atoms with Crippen LogP contribution >= 0.6 is 15.9 Å². The van der Waals surface area contributed by atoms with E-state index in [0.717, 1.165) is 15.8 Å². The van der Waals surface area contributed by atoms with E-state index >= 15 is 0 Å². The lowest BCUT2D eigenvalue weighted by molar-refractivity contribution is 1.28. The standard InChI is InChI=1S/C24H20BrN/c1-2-3-4-8-19-26(23-9-6-5-7-10-23)24-17-13-21(14-18-24)20-11-15-22(25)16-12-20/h2-19H,1H2/b4-3-,19-8-. The van der Waals surface area contributed by atoms with E-state index in [4.69, 9.17) is 0 Å². The number of hydrogen-bond acceptors (Lipinski definition) is 1. The summed E-state index contributed by atoms with van der Waals surface area (Å²) in [6.45, 7) is 3.70. The molecule has 2 heteroatoms. The highest BCUT2D eigenvalue weighted by atomic mass is 79.9. The summed E-state index contributed by atoms with van der Waals surface area (Å²) >= 11 is 3.48. The van der Waals surface area contributed by atoms with Crippen molar-refractivity contribution < 1.29 is 0 Å². The van der Waals surface area contributed by atoms with Gasteiger partial charge in [0.2, 0.25) is 0 Å². The molecule has 0 aromatic heterocycles. The van der Waals surface area contributed by atoms with Crippen LogP contribution in [0.1, 0.15) is 0 Å². The number of para-hydroxylation sites is 1. The van der Waals surface area contributed by atoms with E-state index in [1.54, 1.807) is 6.08 Å². The molecule has 0 unspecified atom stereocenters. The summed E-state index contributed by atoms with van der Waals surface area (Å²) < 4.78 is 1.09. The van der Waals surface area contributed by atoms with Crippen LogP contribution in [0.4, 0.5) is 11.4 Å². The largest absolute Gasteiger partial charge is 0.317 e. The fourth-order valence-electron chi connectivity index (χ4n) is 2.65. The Morgan fingerprint density at radius 3 is 1.85 bits per heavy atom. The van der Waals surface area contributed by atoms with Crippen LogP contribution in [0.3, 0.4) is 0 Å². The Kier molecular flexibility index (Phi) is 6.24. The number of benzene rings is 3. The second kappa shape index (κ2) is 9.02. The molecule has 0 radical (unpaired) electrons. The summed E-state index contributed by atoms with van der Waals surface area (Å²) in [5.41, 5.74) is 4.63. The molecule has 0 spiro atoms. The highest BCUT2D eigenvalue weighted by Gasteiger charge is 2.06. The van der Waals surface area contributed by atoms with Gasteiger partial charge in [-0.05, 0) is 53.6 Å². The van der Waals surface area contributed by atoms with Crippen LogP contribution in [0.5, 0.6) is 0 Å². The maximum Gasteiger partial charge on any atom is 0.0455 e. The molecule has 0 saturated heterocycles.